The highest BCUT2D eigenvalue weighted by Gasteiger charge is 2.05. The summed E-state index contributed by atoms with van der Waals surface area (Å²) in [4.78, 5) is 11.4. The summed E-state index contributed by atoms with van der Waals surface area (Å²) in [5.74, 6) is -0.340. The molecule has 0 aromatic heterocycles. The Morgan fingerprint density at radius 1 is 0.913 bits per heavy atom. The highest BCUT2D eigenvalue weighted by molar-refractivity contribution is 5.59. The van der Waals surface area contributed by atoms with Crippen molar-refractivity contribution >= 4 is 6.16 Å². The third-order valence-electron chi connectivity index (χ3n) is 3.62. The number of carbonyl (C=O) groups excluding carboxylic acids is 1. The van der Waals surface area contributed by atoms with Gasteiger partial charge in [0.05, 0.1) is 13.2 Å². The minimum atomic E-state index is -0.654. The molecule has 0 spiro atoms. The molecule has 1 aromatic carbocycles. The standard InChI is InChI=1S/C18H28O5/c1-2-3-4-5-6-7-8-12-22-18(21)23-13-11-15-9-10-16(19)17(20)14-15/h9-10,14,19-20H,2-8,11-13H2,1H3. The van der Waals surface area contributed by atoms with Crippen molar-refractivity contribution in [3.8, 4) is 11.5 Å². The molecule has 1 rings (SSSR count). The molecular weight excluding hydrogens is 296 g/mol. The molecule has 0 atom stereocenters. The van der Waals surface area contributed by atoms with Crippen LogP contribution in [0.25, 0.3) is 0 Å². The van der Waals surface area contributed by atoms with Gasteiger partial charge in [-0.1, -0.05) is 51.5 Å². The first kappa shape index (κ1) is 19.1. The van der Waals surface area contributed by atoms with Crippen molar-refractivity contribution in [2.24, 2.45) is 0 Å². The van der Waals surface area contributed by atoms with E-state index in [9.17, 15) is 15.0 Å². The van der Waals surface area contributed by atoms with Crippen LogP contribution in [0, 0.1) is 0 Å². The van der Waals surface area contributed by atoms with Gasteiger partial charge in [0.2, 0.25) is 0 Å². The maximum Gasteiger partial charge on any atom is 0.508 e. The molecule has 0 aliphatic heterocycles. The van der Waals surface area contributed by atoms with E-state index < -0.39 is 6.16 Å². The van der Waals surface area contributed by atoms with Crippen LogP contribution in [0.4, 0.5) is 4.79 Å². The van der Waals surface area contributed by atoms with Crippen molar-refractivity contribution in [1.29, 1.82) is 0 Å². The summed E-state index contributed by atoms with van der Waals surface area (Å²) in [6.45, 7) is 2.77. The monoisotopic (exact) mass is 324 g/mol. The zero-order valence-corrected chi connectivity index (χ0v) is 13.9. The molecule has 2 N–H and O–H groups in total. The molecule has 130 valence electrons. The third kappa shape index (κ3) is 8.96. The quantitative estimate of drug-likeness (QED) is 0.355. The number of ether oxygens (including phenoxy) is 2. The zero-order chi connectivity index (χ0) is 16.9. The fourth-order valence-electron chi connectivity index (χ4n) is 2.23. The number of benzene rings is 1. The van der Waals surface area contributed by atoms with E-state index in [1.807, 2.05) is 0 Å². The van der Waals surface area contributed by atoms with Crippen LogP contribution in [-0.4, -0.2) is 29.6 Å². The van der Waals surface area contributed by atoms with Gasteiger partial charge in [-0.25, -0.2) is 4.79 Å². The molecule has 0 fully saturated rings. The highest BCUT2D eigenvalue weighted by Crippen LogP contribution is 2.24. The largest absolute Gasteiger partial charge is 0.508 e. The Labute approximate surface area is 138 Å². The van der Waals surface area contributed by atoms with Gasteiger partial charge in [0, 0.05) is 6.42 Å². The van der Waals surface area contributed by atoms with Crippen molar-refractivity contribution in [2.45, 2.75) is 58.3 Å². The number of phenols is 2. The molecule has 0 amide bonds. The molecule has 23 heavy (non-hydrogen) atoms. The fourth-order valence-corrected chi connectivity index (χ4v) is 2.23. The lowest BCUT2D eigenvalue weighted by atomic mass is 10.1. The molecule has 0 unspecified atom stereocenters. The lowest BCUT2D eigenvalue weighted by Crippen LogP contribution is -2.10. The first-order chi connectivity index (χ1) is 11.1. The Bertz CT molecular complexity index is 459. The van der Waals surface area contributed by atoms with E-state index >= 15 is 0 Å². The summed E-state index contributed by atoms with van der Waals surface area (Å²) < 4.78 is 9.97. The van der Waals surface area contributed by atoms with Crippen LogP contribution in [0.5, 0.6) is 11.5 Å². The van der Waals surface area contributed by atoms with Gasteiger partial charge in [0.25, 0.3) is 0 Å². The average Bonchev–Trinajstić information content (AvgIpc) is 2.53. The lowest BCUT2D eigenvalue weighted by Gasteiger charge is -2.07. The molecule has 0 aliphatic carbocycles. The number of phenolic OH excluding ortho intramolecular Hbond substituents is 2. The van der Waals surface area contributed by atoms with Gasteiger partial charge in [-0.3, -0.25) is 0 Å². The van der Waals surface area contributed by atoms with E-state index in [0.717, 1.165) is 18.4 Å². The molecule has 0 saturated carbocycles. The van der Waals surface area contributed by atoms with E-state index in [4.69, 9.17) is 9.47 Å². The minimum Gasteiger partial charge on any atom is -0.504 e. The molecule has 5 nitrogen and oxygen atoms in total. The second-order valence-corrected chi connectivity index (χ2v) is 5.64. The summed E-state index contributed by atoms with van der Waals surface area (Å²) in [5, 5.41) is 18.6. The Morgan fingerprint density at radius 3 is 2.26 bits per heavy atom. The molecular formula is C18H28O5. The number of unbranched alkanes of at least 4 members (excludes halogenated alkanes) is 6. The molecule has 0 saturated heterocycles. The smallest absolute Gasteiger partial charge is 0.504 e. The van der Waals surface area contributed by atoms with Crippen molar-refractivity contribution in [2.75, 3.05) is 13.2 Å². The van der Waals surface area contributed by atoms with Crippen LogP contribution >= 0.6 is 0 Å². The molecule has 0 bridgehead atoms. The Balaban J connectivity index is 2.01. The average molecular weight is 324 g/mol. The predicted molar refractivity (Wildman–Crippen MR) is 88.8 cm³/mol. The van der Waals surface area contributed by atoms with Crippen molar-refractivity contribution in [3.05, 3.63) is 23.8 Å². The SMILES string of the molecule is CCCCCCCCCOC(=O)OCCc1ccc(O)c(O)c1. The molecule has 5 heteroatoms. The number of hydrogen-bond acceptors (Lipinski definition) is 5. The van der Waals surface area contributed by atoms with Crippen LogP contribution in [0.3, 0.4) is 0 Å². The van der Waals surface area contributed by atoms with Gasteiger partial charge in [0.1, 0.15) is 0 Å². The Morgan fingerprint density at radius 2 is 1.57 bits per heavy atom. The van der Waals surface area contributed by atoms with Gasteiger partial charge in [-0.2, -0.15) is 0 Å². The number of aromatic hydroxyl groups is 2. The van der Waals surface area contributed by atoms with Gasteiger partial charge < -0.3 is 19.7 Å². The molecule has 0 heterocycles. The van der Waals surface area contributed by atoms with Gasteiger partial charge in [0.15, 0.2) is 11.5 Å². The molecule has 0 aliphatic rings. The van der Waals surface area contributed by atoms with Crippen molar-refractivity contribution in [1.82, 2.24) is 0 Å². The molecule has 0 radical (unpaired) electrons. The fraction of sp³-hybridized carbons (Fsp3) is 0.611. The van der Waals surface area contributed by atoms with E-state index in [1.165, 1.54) is 44.2 Å². The van der Waals surface area contributed by atoms with Crippen LogP contribution in [0.1, 0.15) is 57.4 Å². The summed E-state index contributed by atoms with van der Waals surface area (Å²) in [6, 6.07) is 4.52. The lowest BCUT2D eigenvalue weighted by molar-refractivity contribution is 0.0548. The summed E-state index contributed by atoms with van der Waals surface area (Å²) in [7, 11) is 0. The summed E-state index contributed by atoms with van der Waals surface area (Å²) >= 11 is 0. The second kappa shape index (κ2) is 11.6. The van der Waals surface area contributed by atoms with Crippen LogP contribution in [0.15, 0.2) is 18.2 Å². The van der Waals surface area contributed by atoms with Crippen LogP contribution < -0.4 is 0 Å². The molecule has 1 aromatic rings. The van der Waals surface area contributed by atoms with E-state index in [0.29, 0.717) is 13.0 Å². The van der Waals surface area contributed by atoms with E-state index in [-0.39, 0.29) is 18.1 Å². The zero-order valence-electron chi connectivity index (χ0n) is 13.9. The van der Waals surface area contributed by atoms with Crippen LogP contribution in [0.2, 0.25) is 0 Å². The van der Waals surface area contributed by atoms with Crippen molar-refractivity contribution < 1.29 is 24.5 Å². The normalized spacial score (nSPS) is 10.5. The third-order valence-corrected chi connectivity index (χ3v) is 3.62. The van der Waals surface area contributed by atoms with Crippen LogP contribution in [-0.2, 0) is 15.9 Å². The van der Waals surface area contributed by atoms with Gasteiger partial charge >= 0.3 is 6.16 Å². The predicted octanol–water partition coefficient (Wildman–Crippen LogP) is 4.54. The second-order valence-electron chi connectivity index (χ2n) is 5.64. The minimum absolute atomic E-state index is 0.163. The summed E-state index contributed by atoms with van der Waals surface area (Å²) in [6.07, 6.45) is 8.00. The maximum absolute atomic E-state index is 11.4. The topological polar surface area (TPSA) is 76.0 Å². The van der Waals surface area contributed by atoms with E-state index in [1.54, 1.807) is 6.07 Å². The highest BCUT2D eigenvalue weighted by atomic mass is 16.7. The maximum atomic E-state index is 11.4. The summed E-state index contributed by atoms with van der Waals surface area (Å²) in [5.41, 5.74) is 0.778. The Hall–Kier alpha value is -1.91. The van der Waals surface area contributed by atoms with E-state index in [2.05, 4.69) is 6.92 Å². The first-order valence-corrected chi connectivity index (χ1v) is 8.44. The first-order valence-electron chi connectivity index (χ1n) is 8.44. The Kier molecular flexibility index (Phi) is 9.68. The van der Waals surface area contributed by atoms with Gasteiger partial charge in [-0.15, -0.1) is 0 Å². The number of hydrogen-bond donors (Lipinski definition) is 2. The van der Waals surface area contributed by atoms with Crippen molar-refractivity contribution in [3.63, 3.8) is 0 Å². The number of rotatable bonds is 11. The number of carbonyl (C=O) groups is 1. The van der Waals surface area contributed by atoms with Gasteiger partial charge in [-0.05, 0) is 24.1 Å².